The van der Waals surface area contributed by atoms with Gasteiger partial charge in [-0.25, -0.2) is 4.68 Å². The Balaban J connectivity index is 1.36. The number of fused-ring (bicyclic) bond motifs is 1. The summed E-state index contributed by atoms with van der Waals surface area (Å²) in [4.78, 5) is 0. The number of hydrogen-bond acceptors (Lipinski definition) is 5. The van der Waals surface area contributed by atoms with Crippen LogP contribution in [0.1, 0.15) is 16.8 Å². The molecule has 0 fully saturated rings. The van der Waals surface area contributed by atoms with Crippen molar-refractivity contribution in [3.8, 4) is 17.3 Å². The molecule has 1 aliphatic rings. The van der Waals surface area contributed by atoms with E-state index in [0.29, 0.717) is 25.3 Å². The van der Waals surface area contributed by atoms with Gasteiger partial charge in [0.1, 0.15) is 5.69 Å². The summed E-state index contributed by atoms with van der Waals surface area (Å²) in [5.74, 6) is 0. The molecule has 0 amide bonds. The second-order valence-corrected chi connectivity index (χ2v) is 6.31. The third kappa shape index (κ3) is 3.49. The van der Waals surface area contributed by atoms with E-state index in [1.165, 1.54) is 0 Å². The molecule has 0 spiro atoms. The van der Waals surface area contributed by atoms with Gasteiger partial charge in [0.05, 0.1) is 36.6 Å². The first kappa shape index (κ1) is 16.5. The smallest absolute Gasteiger partial charge is 0.118 e. The van der Waals surface area contributed by atoms with Gasteiger partial charge in [-0.1, -0.05) is 47.7 Å². The molecule has 2 heterocycles. The van der Waals surface area contributed by atoms with Crippen molar-refractivity contribution in [2.24, 2.45) is 0 Å². The van der Waals surface area contributed by atoms with Crippen LogP contribution in [0.25, 0.3) is 11.3 Å². The molecule has 1 atom stereocenters. The van der Waals surface area contributed by atoms with Crippen LogP contribution in [0.5, 0.6) is 0 Å². The van der Waals surface area contributed by atoms with Crippen LogP contribution >= 0.6 is 0 Å². The van der Waals surface area contributed by atoms with Crippen molar-refractivity contribution in [2.45, 2.75) is 25.8 Å². The summed E-state index contributed by atoms with van der Waals surface area (Å²) in [7, 11) is 0. The van der Waals surface area contributed by atoms with Gasteiger partial charge in [-0.05, 0) is 17.7 Å². The molecule has 1 aromatic heterocycles. The molecule has 0 radical (unpaired) electrons. The summed E-state index contributed by atoms with van der Waals surface area (Å²) in [5.41, 5.74) is 4.75. The van der Waals surface area contributed by atoms with Crippen LogP contribution in [0.4, 0.5) is 0 Å². The zero-order chi connectivity index (χ0) is 17.8. The Labute approximate surface area is 152 Å². The summed E-state index contributed by atoms with van der Waals surface area (Å²) in [6.45, 7) is 2.61. The average Bonchev–Trinajstić information content (AvgIpc) is 3.12. The normalized spacial score (nSPS) is 16.0. The van der Waals surface area contributed by atoms with E-state index in [1.807, 2.05) is 59.3 Å². The van der Waals surface area contributed by atoms with Crippen molar-refractivity contribution in [2.75, 3.05) is 6.54 Å². The monoisotopic (exact) mass is 345 g/mol. The molecule has 0 saturated carbocycles. The average molecular weight is 345 g/mol. The fourth-order valence-corrected chi connectivity index (χ4v) is 3.14. The quantitative estimate of drug-likeness (QED) is 0.769. The van der Waals surface area contributed by atoms with E-state index in [0.717, 1.165) is 29.1 Å². The maximum absolute atomic E-state index is 8.96. The van der Waals surface area contributed by atoms with Crippen molar-refractivity contribution >= 4 is 0 Å². The molecule has 0 unspecified atom stereocenters. The number of nitriles is 1. The number of ether oxygens (including phenoxy) is 1. The van der Waals surface area contributed by atoms with Crippen LogP contribution < -0.4 is 5.32 Å². The molecule has 0 bridgehead atoms. The highest BCUT2D eigenvalue weighted by molar-refractivity contribution is 5.61. The Morgan fingerprint density at radius 2 is 2.08 bits per heavy atom. The highest BCUT2D eigenvalue weighted by Gasteiger charge is 2.24. The van der Waals surface area contributed by atoms with Crippen LogP contribution in [-0.2, 0) is 24.4 Å². The highest BCUT2D eigenvalue weighted by Crippen LogP contribution is 2.24. The number of rotatable bonds is 5. The van der Waals surface area contributed by atoms with Crippen LogP contribution in [0, 0.1) is 11.3 Å². The lowest BCUT2D eigenvalue weighted by Gasteiger charge is -2.24. The van der Waals surface area contributed by atoms with Crippen molar-refractivity contribution in [3.05, 3.63) is 71.4 Å². The lowest BCUT2D eigenvalue weighted by atomic mass is 10.1. The van der Waals surface area contributed by atoms with E-state index < -0.39 is 0 Å². The molecule has 3 aromatic rings. The minimum atomic E-state index is 0.0481. The molecule has 6 nitrogen and oxygen atoms in total. The highest BCUT2D eigenvalue weighted by atomic mass is 16.5. The Kier molecular flexibility index (Phi) is 4.73. The number of aromatic nitrogens is 3. The third-order valence-electron chi connectivity index (χ3n) is 4.47. The standard InChI is InChI=1S/C20H19N5O/c21-10-15-5-4-6-16(9-15)11-22-12-18-13-25-19(14-26-18)20(23-24-25)17-7-2-1-3-8-17/h1-9,18,22H,11-14H2/t18-/m0/s1. The summed E-state index contributed by atoms with van der Waals surface area (Å²) in [5, 5.41) is 21.0. The van der Waals surface area contributed by atoms with Crippen molar-refractivity contribution in [3.63, 3.8) is 0 Å². The maximum Gasteiger partial charge on any atom is 0.118 e. The van der Waals surface area contributed by atoms with Gasteiger partial charge in [-0.15, -0.1) is 5.10 Å². The van der Waals surface area contributed by atoms with Gasteiger partial charge in [0.15, 0.2) is 0 Å². The molecule has 1 N–H and O–H groups in total. The first-order chi connectivity index (χ1) is 12.8. The van der Waals surface area contributed by atoms with Gasteiger partial charge in [0.25, 0.3) is 0 Å². The van der Waals surface area contributed by atoms with Crippen molar-refractivity contribution < 1.29 is 4.74 Å². The lowest BCUT2D eigenvalue weighted by Crippen LogP contribution is -2.36. The van der Waals surface area contributed by atoms with Crippen LogP contribution in [-0.4, -0.2) is 27.6 Å². The van der Waals surface area contributed by atoms with E-state index >= 15 is 0 Å². The molecule has 26 heavy (non-hydrogen) atoms. The Bertz CT molecular complexity index is 929. The molecule has 130 valence electrons. The number of benzene rings is 2. The molecule has 0 saturated heterocycles. The van der Waals surface area contributed by atoms with E-state index in [4.69, 9.17) is 10.00 Å². The third-order valence-corrected chi connectivity index (χ3v) is 4.47. The minimum absolute atomic E-state index is 0.0481. The van der Waals surface area contributed by atoms with Crippen LogP contribution in [0.2, 0.25) is 0 Å². The predicted molar refractivity (Wildman–Crippen MR) is 96.9 cm³/mol. The largest absolute Gasteiger partial charge is 0.369 e. The van der Waals surface area contributed by atoms with Gasteiger partial charge >= 0.3 is 0 Å². The van der Waals surface area contributed by atoms with Crippen molar-refractivity contribution in [1.29, 1.82) is 5.26 Å². The zero-order valence-corrected chi connectivity index (χ0v) is 14.3. The fraction of sp³-hybridized carbons (Fsp3) is 0.250. The van der Waals surface area contributed by atoms with Crippen LogP contribution in [0.15, 0.2) is 54.6 Å². The summed E-state index contributed by atoms with van der Waals surface area (Å²) in [6.07, 6.45) is 0.0481. The first-order valence-electron chi connectivity index (χ1n) is 8.62. The van der Waals surface area contributed by atoms with E-state index in [-0.39, 0.29) is 6.10 Å². The summed E-state index contributed by atoms with van der Waals surface area (Å²) >= 11 is 0. The van der Waals surface area contributed by atoms with Crippen LogP contribution in [0.3, 0.4) is 0 Å². The number of nitrogens with one attached hydrogen (secondary N) is 1. The molecule has 4 rings (SSSR count). The SMILES string of the molecule is N#Cc1cccc(CNC[C@H]2Cn3nnc(-c4ccccc4)c3CO2)c1. The molecule has 6 heteroatoms. The van der Waals surface area contributed by atoms with E-state index in [2.05, 4.69) is 21.7 Å². The van der Waals surface area contributed by atoms with E-state index in [1.54, 1.807) is 0 Å². The maximum atomic E-state index is 8.96. The zero-order valence-electron chi connectivity index (χ0n) is 14.3. The predicted octanol–water partition coefficient (Wildman–Crippen LogP) is 2.51. The van der Waals surface area contributed by atoms with Crippen molar-refractivity contribution in [1.82, 2.24) is 20.3 Å². The Morgan fingerprint density at radius 3 is 2.92 bits per heavy atom. The minimum Gasteiger partial charge on any atom is -0.369 e. The molecule has 2 aromatic carbocycles. The van der Waals surface area contributed by atoms with Gasteiger partial charge in [0, 0.05) is 18.7 Å². The second-order valence-electron chi connectivity index (χ2n) is 6.31. The molecule has 1 aliphatic heterocycles. The first-order valence-corrected chi connectivity index (χ1v) is 8.62. The molecule has 0 aliphatic carbocycles. The molecular formula is C20H19N5O. The van der Waals surface area contributed by atoms with Gasteiger partial charge < -0.3 is 10.1 Å². The number of hydrogen-bond donors (Lipinski definition) is 1. The summed E-state index contributed by atoms with van der Waals surface area (Å²) in [6, 6.07) is 19.8. The lowest BCUT2D eigenvalue weighted by molar-refractivity contribution is 0.00125. The summed E-state index contributed by atoms with van der Waals surface area (Å²) < 4.78 is 7.93. The van der Waals surface area contributed by atoms with Gasteiger partial charge in [0.2, 0.25) is 0 Å². The fourth-order valence-electron chi connectivity index (χ4n) is 3.14. The topological polar surface area (TPSA) is 75.8 Å². The van der Waals surface area contributed by atoms with Gasteiger partial charge in [-0.2, -0.15) is 5.26 Å². The Morgan fingerprint density at radius 1 is 1.19 bits per heavy atom. The number of nitrogens with zero attached hydrogens (tertiary/aromatic N) is 4. The molecular weight excluding hydrogens is 326 g/mol. The second kappa shape index (κ2) is 7.48. The Hall–Kier alpha value is -3.01. The van der Waals surface area contributed by atoms with Gasteiger partial charge in [-0.3, -0.25) is 0 Å². The van der Waals surface area contributed by atoms with E-state index in [9.17, 15) is 0 Å².